The highest BCUT2D eigenvalue weighted by Crippen LogP contribution is 2.31. The summed E-state index contributed by atoms with van der Waals surface area (Å²) in [6.45, 7) is 2.53. The molecule has 1 saturated heterocycles. The largest absolute Gasteiger partial charge is 0.419 e. The van der Waals surface area contributed by atoms with E-state index in [1.807, 2.05) is 24.3 Å². The predicted molar refractivity (Wildman–Crippen MR) is 116 cm³/mol. The van der Waals surface area contributed by atoms with Gasteiger partial charge in [0.1, 0.15) is 5.82 Å². The fraction of sp³-hybridized carbons (Fsp3) is 0.391. The number of nitrogens with zero attached hydrogens (tertiary/aromatic N) is 1. The summed E-state index contributed by atoms with van der Waals surface area (Å²) in [5.41, 5.74) is -0.643. The van der Waals surface area contributed by atoms with Crippen LogP contribution in [0.1, 0.15) is 34.3 Å². The standard InChI is InChI=1S/C23H24ClF4N3O2/c24-18-4-1-15(2-5-18)14-31-11-7-16(8-12-31)21(32)29-9-10-30-22(33)17-3-6-20(25)19(13-17)23(26,27)28/h1-6,13,16H,7-12,14H2,(H,29,32)(H,30,33). The smallest absolute Gasteiger partial charge is 0.354 e. The van der Waals surface area contributed by atoms with Crippen molar-refractivity contribution in [3.63, 3.8) is 0 Å². The van der Waals surface area contributed by atoms with E-state index >= 15 is 0 Å². The van der Waals surface area contributed by atoms with Crippen LogP contribution in [0.2, 0.25) is 5.02 Å². The van der Waals surface area contributed by atoms with E-state index in [0.29, 0.717) is 30.0 Å². The molecule has 1 heterocycles. The van der Waals surface area contributed by atoms with Crippen molar-refractivity contribution in [1.82, 2.24) is 15.5 Å². The Morgan fingerprint density at radius 2 is 1.64 bits per heavy atom. The minimum atomic E-state index is -4.89. The molecule has 2 aromatic rings. The molecule has 0 radical (unpaired) electrons. The minimum absolute atomic E-state index is 0.0404. The van der Waals surface area contributed by atoms with Gasteiger partial charge in [0, 0.05) is 36.1 Å². The molecule has 1 fully saturated rings. The van der Waals surface area contributed by atoms with Crippen LogP contribution in [0, 0.1) is 11.7 Å². The van der Waals surface area contributed by atoms with Gasteiger partial charge < -0.3 is 10.6 Å². The fourth-order valence-electron chi connectivity index (χ4n) is 3.69. The first-order valence-electron chi connectivity index (χ1n) is 10.5. The Bertz CT molecular complexity index is 975. The number of carbonyl (C=O) groups is 2. The lowest BCUT2D eigenvalue weighted by molar-refractivity contribution is -0.140. The zero-order chi connectivity index (χ0) is 24.0. The molecule has 0 saturated carbocycles. The third-order valence-electron chi connectivity index (χ3n) is 5.52. The number of nitrogens with one attached hydrogen (secondary N) is 2. The van der Waals surface area contributed by atoms with E-state index in [9.17, 15) is 27.2 Å². The van der Waals surface area contributed by atoms with Crippen LogP contribution in [0.25, 0.3) is 0 Å². The second kappa shape index (κ2) is 11.0. The van der Waals surface area contributed by atoms with Crippen LogP contribution in [-0.2, 0) is 17.5 Å². The van der Waals surface area contributed by atoms with Gasteiger partial charge in [0.25, 0.3) is 5.91 Å². The molecule has 33 heavy (non-hydrogen) atoms. The lowest BCUT2D eigenvalue weighted by Gasteiger charge is -2.31. The molecule has 0 bridgehead atoms. The van der Waals surface area contributed by atoms with Gasteiger partial charge in [-0.1, -0.05) is 23.7 Å². The van der Waals surface area contributed by atoms with E-state index in [0.717, 1.165) is 31.3 Å². The summed E-state index contributed by atoms with van der Waals surface area (Å²) in [7, 11) is 0. The Balaban J connectivity index is 1.38. The zero-order valence-corrected chi connectivity index (χ0v) is 18.5. The van der Waals surface area contributed by atoms with E-state index < -0.39 is 23.5 Å². The number of benzene rings is 2. The Hall–Kier alpha value is -2.65. The van der Waals surface area contributed by atoms with Gasteiger partial charge in [-0.25, -0.2) is 4.39 Å². The normalized spacial score (nSPS) is 15.3. The summed E-state index contributed by atoms with van der Waals surface area (Å²) in [6, 6.07) is 9.72. The number of hydrogen-bond acceptors (Lipinski definition) is 3. The molecular formula is C23H24ClF4N3O2. The number of carbonyl (C=O) groups excluding carboxylic acids is 2. The molecule has 3 rings (SSSR count). The molecule has 2 N–H and O–H groups in total. The second-order valence-corrected chi connectivity index (χ2v) is 8.35. The molecule has 178 valence electrons. The number of rotatable bonds is 7. The summed E-state index contributed by atoms with van der Waals surface area (Å²) in [5, 5.41) is 5.87. The van der Waals surface area contributed by atoms with E-state index in [2.05, 4.69) is 15.5 Å². The highest BCUT2D eigenvalue weighted by Gasteiger charge is 2.34. The van der Waals surface area contributed by atoms with Crippen LogP contribution in [-0.4, -0.2) is 42.9 Å². The van der Waals surface area contributed by atoms with Crippen LogP contribution < -0.4 is 10.6 Å². The Morgan fingerprint density at radius 3 is 2.27 bits per heavy atom. The lowest BCUT2D eigenvalue weighted by Crippen LogP contribution is -2.42. The molecule has 0 atom stereocenters. The van der Waals surface area contributed by atoms with Crippen LogP contribution in [0.3, 0.4) is 0 Å². The third-order valence-corrected chi connectivity index (χ3v) is 5.77. The fourth-order valence-corrected chi connectivity index (χ4v) is 3.82. The molecule has 0 unspecified atom stereocenters. The third kappa shape index (κ3) is 7.17. The van der Waals surface area contributed by atoms with E-state index in [4.69, 9.17) is 11.6 Å². The van der Waals surface area contributed by atoms with E-state index in [1.54, 1.807) is 0 Å². The molecule has 0 spiro atoms. The van der Waals surface area contributed by atoms with E-state index in [1.165, 1.54) is 0 Å². The van der Waals surface area contributed by atoms with Gasteiger partial charge >= 0.3 is 6.18 Å². The van der Waals surface area contributed by atoms with Gasteiger partial charge in [-0.15, -0.1) is 0 Å². The molecule has 10 heteroatoms. The Kier molecular flexibility index (Phi) is 8.31. The second-order valence-electron chi connectivity index (χ2n) is 7.92. The van der Waals surface area contributed by atoms with Crippen LogP contribution in [0.4, 0.5) is 17.6 Å². The first-order chi connectivity index (χ1) is 15.6. The van der Waals surface area contributed by atoms with Crippen molar-refractivity contribution in [3.8, 4) is 0 Å². The van der Waals surface area contributed by atoms with E-state index in [-0.39, 0.29) is 30.5 Å². The molecule has 0 aliphatic carbocycles. The molecule has 5 nitrogen and oxygen atoms in total. The molecular weight excluding hydrogens is 462 g/mol. The summed E-state index contributed by atoms with van der Waals surface area (Å²) < 4.78 is 51.7. The van der Waals surface area contributed by atoms with Gasteiger partial charge in [0.05, 0.1) is 5.56 Å². The topological polar surface area (TPSA) is 61.4 Å². The average Bonchev–Trinajstić information content (AvgIpc) is 2.78. The van der Waals surface area contributed by atoms with Crippen molar-refractivity contribution in [3.05, 3.63) is 70.0 Å². The molecule has 1 aliphatic heterocycles. The van der Waals surface area contributed by atoms with Crippen LogP contribution in [0.5, 0.6) is 0 Å². The number of alkyl halides is 3. The number of halogens is 5. The van der Waals surface area contributed by atoms with Gasteiger partial charge in [-0.2, -0.15) is 13.2 Å². The summed E-state index contributed by atoms with van der Waals surface area (Å²) in [4.78, 5) is 26.7. The Morgan fingerprint density at radius 1 is 1.00 bits per heavy atom. The average molecular weight is 486 g/mol. The van der Waals surface area contributed by atoms with Crippen LogP contribution in [0.15, 0.2) is 42.5 Å². The minimum Gasteiger partial charge on any atom is -0.354 e. The van der Waals surface area contributed by atoms with Gasteiger partial charge in [-0.05, 0) is 61.8 Å². The number of amides is 2. The van der Waals surface area contributed by atoms with Gasteiger partial charge in [0.15, 0.2) is 0 Å². The molecule has 1 aliphatic rings. The number of piperidine rings is 1. The maximum Gasteiger partial charge on any atom is 0.419 e. The highest BCUT2D eigenvalue weighted by atomic mass is 35.5. The van der Waals surface area contributed by atoms with Crippen molar-refractivity contribution >= 4 is 23.4 Å². The first-order valence-corrected chi connectivity index (χ1v) is 10.9. The summed E-state index contributed by atoms with van der Waals surface area (Å²) in [5.74, 6) is -2.46. The SMILES string of the molecule is O=C(NCCNC(=O)C1CCN(Cc2ccc(Cl)cc2)CC1)c1ccc(F)c(C(F)(F)F)c1. The van der Waals surface area contributed by atoms with Crippen molar-refractivity contribution in [2.75, 3.05) is 26.2 Å². The molecule has 0 aromatic heterocycles. The number of likely N-dealkylation sites (tertiary alicyclic amines) is 1. The predicted octanol–water partition coefficient (Wildman–Crippen LogP) is 4.26. The van der Waals surface area contributed by atoms with Crippen LogP contribution >= 0.6 is 11.6 Å². The molecule has 2 amide bonds. The number of hydrogen-bond donors (Lipinski definition) is 2. The monoisotopic (exact) mass is 485 g/mol. The maximum absolute atomic E-state index is 13.3. The summed E-state index contributed by atoms with van der Waals surface area (Å²) >= 11 is 5.90. The van der Waals surface area contributed by atoms with Crippen molar-refractivity contribution < 1.29 is 27.2 Å². The zero-order valence-electron chi connectivity index (χ0n) is 17.7. The quantitative estimate of drug-likeness (QED) is 0.455. The maximum atomic E-state index is 13.3. The summed E-state index contributed by atoms with van der Waals surface area (Å²) in [6.07, 6.45) is -3.47. The van der Waals surface area contributed by atoms with Crippen molar-refractivity contribution in [1.29, 1.82) is 0 Å². The van der Waals surface area contributed by atoms with Crippen molar-refractivity contribution in [2.24, 2.45) is 5.92 Å². The van der Waals surface area contributed by atoms with Crippen molar-refractivity contribution in [2.45, 2.75) is 25.6 Å². The molecule has 2 aromatic carbocycles. The lowest BCUT2D eigenvalue weighted by atomic mass is 9.95. The first kappa shape index (κ1) is 25.0. The van der Waals surface area contributed by atoms with Gasteiger partial charge in [-0.3, -0.25) is 14.5 Å². The highest BCUT2D eigenvalue weighted by molar-refractivity contribution is 6.30. The Labute approximate surface area is 194 Å². The van der Waals surface area contributed by atoms with Gasteiger partial charge in [0.2, 0.25) is 5.91 Å².